The molecule has 114 valence electrons. The maximum absolute atomic E-state index is 6.77. The van der Waals surface area contributed by atoms with Gasteiger partial charge in [0.1, 0.15) is 0 Å². The zero-order valence-corrected chi connectivity index (χ0v) is 13.5. The van der Waals surface area contributed by atoms with E-state index in [4.69, 9.17) is 10.7 Å². The molecule has 2 spiro atoms. The molecule has 2 fully saturated rings. The Morgan fingerprint density at radius 1 is 1.19 bits per heavy atom. The van der Waals surface area contributed by atoms with Crippen LogP contribution >= 0.6 is 0 Å². The molecule has 2 heterocycles. The van der Waals surface area contributed by atoms with E-state index in [2.05, 4.69) is 37.8 Å². The first-order valence-corrected chi connectivity index (χ1v) is 8.37. The summed E-state index contributed by atoms with van der Waals surface area (Å²) in [6.07, 6.45) is 6.99. The van der Waals surface area contributed by atoms with Gasteiger partial charge in [-0.2, -0.15) is 0 Å². The molecule has 0 amide bonds. The summed E-state index contributed by atoms with van der Waals surface area (Å²) >= 11 is 0. The van der Waals surface area contributed by atoms with Crippen LogP contribution in [0, 0.1) is 5.41 Å². The smallest absolute Gasteiger partial charge is 0.0519 e. The molecule has 21 heavy (non-hydrogen) atoms. The normalized spacial score (nSPS) is 29.8. The van der Waals surface area contributed by atoms with Gasteiger partial charge in [0.25, 0.3) is 0 Å². The van der Waals surface area contributed by atoms with Crippen LogP contribution in [0.4, 0.5) is 0 Å². The predicted octanol–water partition coefficient (Wildman–Crippen LogP) is 3.01. The minimum Gasteiger partial charge on any atom is -0.323 e. The van der Waals surface area contributed by atoms with Gasteiger partial charge in [-0.3, -0.25) is 9.88 Å². The Labute approximate surface area is 127 Å². The number of hydrogen-bond donors (Lipinski definition) is 1. The molecule has 1 saturated heterocycles. The van der Waals surface area contributed by atoms with Crippen molar-refractivity contribution < 1.29 is 0 Å². The van der Waals surface area contributed by atoms with Gasteiger partial charge in [-0.15, -0.1) is 0 Å². The highest BCUT2D eigenvalue weighted by Gasteiger charge is 2.68. The van der Waals surface area contributed by atoms with Gasteiger partial charge in [0.15, 0.2) is 0 Å². The van der Waals surface area contributed by atoms with Gasteiger partial charge in [-0.05, 0) is 71.2 Å². The number of hydrogen-bond acceptors (Lipinski definition) is 3. The number of pyridine rings is 1. The topological polar surface area (TPSA) is 42.1 Å². The molecule has 0 bridgehead atoms. The summed E-state index contributed by atoms with van der Waals surface area (Å²) in [7, 11) is 0. The number of fused-ring (bicyclic) bond motifs is 3. The third kappa shape index (κ3) is 1.65. The summed E-state index contributed by atoms with van der Waals surface area (Å²) in [5, 5.41) is 0. The van der Waals surface area contributed by atoms with E-state index in [1.54, 1.807) is 0 Å². The van der Waals surface area contributed by atoms with E-state index in [9.17, 15) is 0 Å². The quantitative estimate of drug-likeness (QED) is 0.797. The fourth-order valence-corrected chi connectivity index (χ4v) is 5.13. The monoisotopic (exact) mass is 285 g/mol. The van der Waals surface area contributed by atoms with Gasteiger partial charge in [0.05, 0.1) is 5.69 Å². The molecule has 1 atom stereocenters. The van der Waals surface area contributed by atoms with E-state index < -0.39 is 0 Å². The van der Waals surface area contributed by atoms with Crippen molar-refractivity contribution in [3.63, 3.8) is 0 Å². The van der Waals surface area contributed by atoms with Gasteiger partial charge >= 0.3 is 0 Å². The van der Waals surface area contributed by atoms with Gasteiger partial charge in [-0.1, -0.05) is 6.07 Å². The first-order chi connectivity index (χ1) is 9.91. The van der Waals surface area contributed by atoms with Crippen molar-refractivity contribution in [1.82, 2.24) is 9.88 Å². The van der Waals surface area contributed by atoms with E-state index in [-0.39, 0.29) is 17.0 Å². The van der Waals surface area contributed by atoms with Crippen molar-refractivity contribution in [1.29, 1.82) is 0 Å². The summed E-state index contributed by atoms with van der Waals surface area (Å²) in [4.78, 5) is 7.37. The molecule has 1 aromatic heterocycles. The van der Waals surface area contributed by atoms with Crippen LogP contribution < -0.4 is 5.73 Å². The van der Waals surface area contributed by atoms with Crippen LogP contribution in [-0.4, -0.2) is 28.5 Å². The SMILES string of the molecule is CC(C)(C)N1CCC2(CC1)[C@H](N)c1cccnc1C21CC1. The summed E-state index contributed by atoms with van der Waals surface area (Å²) in [6, 6.07) is 4.46. The minimum atomic E-state index is 0.186. The van der Waals surface area contributed by atoms with Gasteiger partial charge < -0.3 is 5.73 Å². The highest BCUT2D eigenvalue weighted by molar-refractivity contribution is 5.47. The Morgan fingerprint density at radius 2 is 1.86 bits per heavy atom. The number of piperidine rings is 1. The molecule has 0 unspecified atom stereocenters. The molecule has 0 radical (unpaired) electrons. The number of nitrogens with two attached hydrogens (primary N) is 1. The zero-order chi connectivity index (χ0) is 14.9. The minimum absolute atomic E-state index is 0.186. The van der Waals surface area contributed by atoms with Crippen LogP contribution in [0.3, 0.4) is 0 Å². The third-order valence-electron chi connectivity index (χ3n) is 6.53. The largest absolute Gasteiger partial charge is 0.323 e. The fraction of sp³-hybridized carbons (Fsp3) is 0.722. The van der Waals surface area contributed by atoms with E-state index in [0.29, 0.717) is 5.41 Å². The predicted molar refractivity (Wildman–Crippen MR) is 85.1 cm³/mol. The molecular formula is C18H27N3. The van der Waals surface area contributed by atoms with Crippen molar-refractivity contribution in [2.24, 2.45) is 11.1 Å². The van der Waals surface area contributed by atoms with E-state index in [1.165, 1.54) is 50.0 Å². The Hall–Kier alpha value is -0.930. The Morgan fingerprint density at radius 3 is 2.43 bits per heavy atom. The second kappa shape index (κ2) is 4.08. The van der Waals surface area contributed by atoms with Crippen LogP contribution in [0.1, 0.15) is 63.8 Å². The fourth-order valence-electron chi connectivity index (χ4n) is 5.13. The lowest BCUT2D eigenvalue weighted by atomic mass is 9.65. The Kier molecular flexibility index (Phi) is 2.66. The van der Waals surface area contributed by atoms with Crippen LogP contribution in [0.2, 0.25) is 0 Å². The van der Waals surface area contributed by atoms with Crippen molar-refractivity contribution in [2.45, 2.75) is 63.5 Å². The van der Waals surface area contributed by atoms with Crippen LogP contribution in [0.15, 0.2) is 18.3 Å². The molecule has 0 aromatic carbocycles. The second-order valence-electron chi connectivity index (χ2n) is 8.32. The molecule has 3 nitrogen and oxygen atoms in total. The molecule has 2 N–H and O–H groups in total. The van der Waals surface area contributed by atoms with E-state index in [1.807, 2.05) is 6.20 Å². The molecule has 1 aromatic rings. The average Bonchev–Trinajstić information content (AvgIpc) is 3.24. The van der Waals surface area contributed by atoms with Crippen LogP contribution in [-0.2, 0) is 5.41 Å². The van der Waals surface area contributed by atoms with Crippen molar-refractivity contribution in [2.75, 3.05) is 13.1 Å². The molecule has 1 saturated carbocycles. The summed E-state index contributed by atoms with van der Waals surface area (Å²) in [5.41, 5.74) is 10.3. The summed E-state index contributed by atoms with van der Waals surface area (Å²) in [6.45, 7) is 9.31. The first-order valence-electron chi connectivity index (χ1n) is 8.37. The average molecular weight is 285 g/mol. The maximum Gasteiger partial charge on any atom is 0.0519 e. The number of nitrogens with zero attached hydrogens (tertiary/aromatic N) is 2. The van der Waals surface area contributed by atoms with Crippen LogP contribution in [0.25, 0.3) is 0 Å². The number of likely N-dealkylation sites (tertiary alicyclic amines) is 1. The van der Waals surface area contributed by atoms with Crippen LogP contribution in [0.5, 0.6) is 0 Å². The summed E-state index contributed by atoms with van der Waals surface area (Å²) in [5.74, 6) is 0. The third-order valence-corrected chi connectivity index (χ3v) is 6.53. The lowest BCUT2D eigenvalue weighted by Crippen LogP contribution is -2.53. The highest BCUT2D eigenvalue weighted by Crippen LogP contribution is 2.71. The van der Waals surface area contributed by atoms with Gasteiger partial charge in [0.2, 0.25) is 0 Å². The molecule has 3 heteroatoms. The summed E-state index contributed by atoms with van der Waals surface area (Å²) < 4.78 is 0. The number of rotatable bonds is 0. The molecule has 1 aliphatic heterocycles. The number of aromatic nitrogens is 1. The lowest BCUT2D eigenvalue weighted by Gasteiger charge is -2.49. The highest BCUT2D eigenvalue weighted by atomic mass is 15.2. The lowest BCUT2D eigenvalue weighted by molar-refractivity contribution is 0.0128. The maximum atomic E-state index is 6.77. The second-order valence-corrected chi connectivity index (χ2v) is 8.32. The Balaban J connectivity index is 1.69. The van der Waals surface area contributed by atoms with Crippen molar-refractivity contribution >= 4 is 0 Å². The van der Waals surface area contributed by atoms with E-state index >= 15 is 0 Å². The van der Waals surface area contributed by atoms with Crippen molar-refractivity contribution in [3.05, 3.63) is 29.6 Å². The van der Waals surface area contributed by atoms with Crippen molar-refractivity contribution in [3.8, 4) is 0 Å². The standard InChI is InChI=1S/C18H27N3/c1-16(2,3)21-11-8-17(9-12-21)14(19)13-5-4-10-20-15(13)18(17)6-7-18/h4-5,10,14H,6-9,11-12,19H2,1-3H3/t14-/m1/s1. The molecule has 4 rings (SSSR count). The molecule has 2 aliphatic carbocycles. The van der Waals surface area contributed by atoms with Gasteiger partial charge in [0, 0.05) is 28.6 Å². The Bertz CT molecular complexity index is 560. The van der Waals surface area contributed by atoms with Gasteiger partial charge in [-0.25, -0.2) is 0 Å². The van der Waals surface area contributed by atoms with E-state index in [0.717, 1.165) is 0 Å². The zero-order valence-electron chi connectivity index (χ0n) is 13.5. The first kappa shape index (κ1) is 13.7. The molecular weight excluding hydrogens is 258 g/mol. The molecule has 3 aliphatic rings.